The van der Waals surface area contributed by atoms with Crippen LogP contribution in [-0.2, 0) is 13.7 Å². The first-order valence-electron chi connectivity index (χ1n) is 8.54. The van der Waals surface area contributed by atoms with Crippen molar-refractivity contribution in [1.29, 1.82) is 0 Å². The fraction of sp³-hybridized carbons (Fsp3) is 0.529. The zero-order valence-corrected chi connectivity index (χ0v) is 16.4. The van der Waals surface area contributed by atoms with E-state index in [0.717, 1.165) is 12.5 Å². The van der Waals surface area contributed by atoms with Gasteiger partial charge in [-0.25, -0.2) is 0 Å². The van der Waals surface area contributed by atoms with E-state index in [-0.39, 0.29) is 10.5 Å². The van der Waals surface area contributed by atoms with Crippen LogP contribution in [0.5, 0.6) is 0 Å². The first-order valence-corrected chi connectivity index (χ1v) is 11.5. The van der Waals surface area contributed by atoms with Gasteiger partial charge in [0.15, 0.2) is 0 Å². The van der Waals surface area contributed by atoms with Gasteiger partial charge in [0.1, 0.15) is 0 Å². The molecule has 11 heteroatoms. The maximum Gasteiger partial charge on any atom is 0.523 e. The van der Waals surface area contributed by atoms with Gasteiger partial charge in [0.25, 0.3) is 0 Å². The molecule has 1 aliphatic heterocycles. The van der Waals surface area contributed by atoms with Crippen molar-refractivity contribution in [2.24, 2.45) is 5.92 Å². The molecule has 0 radical (unpaired) electrons. The summed E-state index contributed by atoms with van der Waals surface area (Å²) in [5, 5.41) is 0. The highest BCUT2D eigenvalue weighted by atomic mass is 32.3. The number of benzene rings is 1. The summed E-state index contributed by atoms with van der Waals surface area (Å²) in [6, 6.07) is 3.81. The van der Waals surface area contributed by atoms with Gasteiger partial charge in [-0.3, -0.25) is 0 Å². The van der Waals surface area contributed by atoms with Crippen molar-refractivity contribution < 1.29 is 38.4 Å². The Morgan fingerprint density at radius 1 is 1.04 bits per heavy atom. The van der Waals surface area contributed by atoms with Crippen molar-refractivity contribution >= 4 is 26.5 Å². The van der Waals surface area contributed by atoms with Crippen LogP contribution in [0, 0.1) is 12.8 Å². The third-order valence-corrected chi connectivity index (χ3v) is 9.86. The van der Waals surface area contributed by atoms with Crippen LogP contribution in [0.2, 0.25) is 0 Å². The van der Waals surface area contributed by atoms with Gasteiger partial charge in [0.2, 0.25) is 0 Å². The van der Waals surface area contributed by atoms with Gasteiger partial charge in [-0.1, -0.05) is 31.4 Å². The van der Waals surface area contributed by atoms with E-state index < -0.39 is 42.3 Å². The van der Waals surface area contributed by atoms with E-state index in [1.807, 2.05) is 0 Å². The van der Waals surface area contributed by atoms with Crippen molar-refractivity contribution in [2.45, 2.75) is 54.9 Å². The number of hydrogen-bond acceptors (Lipinski definition) is 3. The molecular formula is C17H18F6O3S2. The lowest BCUT2D eigenvalue weighted by Crippen LogP contribution is -2.34. The average molecular weight is 448 g/mol. The SMILES string of the molecule is Cc1cccc2c1C=C(C1CCCCC1)S2(OS(=O)(=O)C(F)(F)F)C(F)(F)F. The van der Waals surface area contributed by atoms with E-state index in [1.54, 1.807) is 0 Å². The molecule has 1 heterocycles. The minimum Gasteiger partial charge on any atom is -0.196 e. The fourth-order valence-corrected chi connectivity index (χ4v) is 8.59. The maximum atomic E-state index is 14.4. The largest absolute Gasteiger partial charge is 0.523 e. The Kier molecular flexibility index (Phi) is 5.33. The van der Waals surface area contributed by atoms with Crippen LogP contribution in [0.25, 0.3) is 6.08 Å². The van der Waals surface area contributed by atoms with Crippen LogP contribution in [0.1, 0.15) is 43.2 Å². The van der Waals surface area contributed by atoms with Gasteiger partial charge in [-0.15, -0.1) is 0 Å². The highest BCUT2D eigenvalue weighted by Crippen LogP contribution is 2.80. The van der Waals surface area contributed by atoms with Crippen molar-refractivity contribution in [1.82, 2.24) is 0 Å². The molecule has 3 rings (SSSR count). The number of fused-ring (bicyclic) bond motifs is 1. The molecule has 1 aromatic carbocycles. The molecule has 28 heavy (non-hydrogen) atoms. The first-order chi connectivity index (χ1) is 12.8. The zero-order chi connectivity index (χ0) is 21.0. The van der Waals surface area contributed by atoms with Crippen LogP contribution in [0.15, 0.2) is 28.0 Å². The Morgan fingerprint density at radius 2 is 1.64 bits per heavy atom. The van der Waals surface area contributed by atoms with Gasteiger partial charge in [-0.05, 0) is 49.0 Å². The monoisotopic (exact) mass is 448 g/mol. The van der Waals surface area contributed by atoms with E-state index >= 15 is 0 Å². The topological polar surface area (TPSA) is 43.4 Å². The summed E-state index contributed by atoms with van der Waals surface area (Å²) in [6.45, 7) is 1.53. The van der Waals surface area contributed by atoms with E-state index in [4.69, 9.17) is 0 Å². The van der Waals surface area contributed by atoms with Crippen molar-refractivity contribution in [3.05, 3.63) is 34.2 Å². The molecule has 1 unspecified atom stereocenters. The van der Waals surface area contributed by atoms with E-state index in [9.17, 15) is 34.8 Å². The summed E-state index contributed by atoms with van der Waals surface area (Å²) >= 11 is 0. The normalized spacial score (nSPS) is 26.5. The van der Waals surface area contributed by atoms with Gasteiger partial charge in [-0.2, -0.15) is 38.4 Å². The molecular weight excluding hydrogens is 430 g/mol. The van der Waals surface area contributed by atoms with Gasteiger partial charge in [0, 0.05) is 20.1 Å². The smallest absolute Gasteiger partial charge is 0.196 e. The van der Waals surface area contributed by atoms with Gasteiger partial charge < -0.3 is 0 Å². The minimum atomic E-state index is -6.47. The predicted molar refractivity (Wildman–Crippen MR) is 93.7 cm³/mol. The number of hydrogen-bond donors (Lipinski definition) is 0. The molecule has 0 amide bonds. The highest BCUT2D eigenvalue weighted by Gasteiger charge is 2.65. The highest BCUT2D eigenvalue weighted by molar-refractivity contribution is 8.37. The number of aryl methyl sites for hydroxylation is 1. The Morgan fingerprint density at radius 3 is 2.18 bits per heavy atom. The first kappa shape index (κ1) is 21.5. The van der Waals surface area contributed by atoms with E-state index in [2.05, 4.69) is 3.63 Å². The second kappa shape index (κ2) is 6.94. The molecule has 0 aromatic heterocycles. The summed E-state index contributed by atoms with van der Waals surface area (Å²) in [6.07, 6.45) is 3.95. The standard InChI is InChI=1S/C17H18F6O3S2/c1-11-6-5-9-14-13(11)10-15(12-7-3-2-4-8-12)27(14,16(18,19)20)26-28(24,25)17(21,22)23/h5-6,9-10,12H,2-4,7-8H2,1H3. The molecule has 0 saturated heterocycles. The van der Waals surface area contributed by atoms with Crippen LogP contribution in [0.4, 0.5) is 26.3 Å². The second-order valence-corrected chi connectivity index (χ2v) is 11.2. The average Bonchev–Trinajstić information content (AvgIpc) is 2.91. The quantitative estimate of drug-likeness (QED) is 0.397. The molecule has 1 aliphatic carbocycles. The number of allylic oxidation sites excluding steroid dienone is 1. The van der Waals surface area contributed by atoms with E-state index in [1.165, 1.54) is 25.1 Å². The van der Waals surface area contributed by atoms with Crippen LogP contribution < -0.4 is 0 Å². The molecule has 0 bridgehead atoms. The minimum absolute atomic E-state index is 0.0905. The molecule has 1 fully saturated rings. The molecule has 3 nitrogen and oxygen atoms in total. The van der Waals surface area contributed by atoms with Crippen LogP contribution in [0.3, 0.4) is 0 Å². The Bertz CT molecular complexity index is 898. The predicted octanol–water partition coefficient (Wildman–Crippen LogP) is 6.39. The lowest BCUT2D eigenvalue weighted by Gasteiger charge is -2.42. The summed E-state index contributed by atoms with van der Waals surface area (Å²) in [4.78, 5) is -0.912. The van der Waals surface area contributed by atoms with Crippen LogP contribution in [-0.4, -0.2) is 19.4 Å². The number of alkyl halides is 6. The van der Waals surface area contributed by atoms with Gasteiger partial charge in [0.05, 0.1) is 0 Å². The number of rotatable bonds is 3. The Labute approximate surface area is 160 Å². The van der Waals surface area contributed by atoms with Gasteiger partial charge >= 0.3 is 21.1 Å². The second-order valence-electron chi connectivity index (χ2n) is 6.84. The summed E-state index contributed by atoms with van der Waals surface area (Å²) < 4.78 is 110. The lowest BCUT2D eigenvalue weighted by molar-refractivity contribution is -0.0547. The molecule has 0 N–H and O–H groups in total. The molecule has 1 aromatic rings. The fourth-order valence-electron chi connectivity index (χ4n) is 3.73. The third kappa shape index (κ3) is 3.35. The van der Waals surface area contributed by atoms with E-state index in [0.29, 0.717) is 31.2 Å². The summed E-state index contributed by atoms with van der Waals surface area (Å²) in [7, 11) is -11.4. The maximum absolute atomic E-state index is 14.4. The number of halogens is 6. The van der Waals surface area contributed by atoms with Crippen molar-refractivity contribution in [3.8, 4) is 0 Å². The molecule has 158 valence electrons. The zero-order valence-electron chi connectivity index (χ0n) is 14.7. The third-order valence-electron chi connectivity index (χ3n) is 5.02. The van der Waals surface area contributed by atoms with Crippen LogP contribution >= 0.6 is 10.3 Å². The van der Waals surface area contributed by atoms with Crippen molar-refractivity contribution in [2.75, 3.05) is 0 Å². The summed E-state index contributed by atoms with van der Waals surface area (Å²) in [5.74, 6) is -0.680. The summed E-state index contributed by atoms with van der Waals surface area (Å²) in [5.41, 5.74) is -10.8. The molecule has 2 aliphatic rings. The molecule has 1 atom stereocenters. The Balaban J connectivity index is 2.28. The van der Waals surface area contributed by atoms with Crippen molar-refractivity contribution in [3.63, 3.8) is 0 Å². The molecule has 0 spiro atoms. The molecule has 1 saturated carbocycles. The lowest BCUT2D eigenvalue weighted by atomic mass is 9.88. The Hall–Kier alpha value is -1.20.